The Morgan fingerprint density at radius 1 is 1.17 bits per heavy atom. The maximum absolute atomic E-state index is 12.5. The molecule has 3 aliphatic rings. The van der Waals surface area contributed by atoms with Crippen LogP contribution in [-0.4, -0.2) is 35.4 Å². The Morgan fingerprint density at radius 2 is 1.83 bits per heavy atom. The topological polar surface area (TPSA) is 83.8 Å². The van der Waals surface area contributed by atoms with Crippen LogP contribution >= 0.6 is 0 Å². The maximum Gasteiger partial charge on any atom is 0.306 e. The van der Waals surface area contributed by atoms with Crippen LogP contribution in [0.4, 0.5) is 0 Å². The number of hydrogen-bond acceptors (Lipinski definition) is 4. The number of hydrogen-bond donors (Lipinski definition) is 2. The molecular weight excluding hydrogens is 452 g/mol. The second-order valence-electron chi connectivity index (χ2n) is 12.7. The van der Waals surface area contributed by atoms with E-state index in [0.717, 1.165) is 44.1 Å². The van der Waals surface area contributed by atoms with Gasteiger partial charge in [-0.3, -0.25) is 9.59 Å². The summed E-state index contributed by atoms with van der Waals surface area (Å²) in [5.74, 6) is -1.53. The van der Waals surface area contributed by atoms with Gasteiger partial charge < -0.3 is 14.9 Å². The summed E-state index contributed by atoms with van der Waals surface area (Å²) in [6, 6.07) is 0. The molecule has 0 saturated heterocycles. The van der Waals surface area contributed by atoms with E-state index < -0.39 is 18.0 Å². The fraction of sp³-hybridized carbons (Fsp3) is 0.742. The molecule has 0 aromatic carbocycles. The van der Waals surface area contributed by atoms with Gasteiger partial charge in [-0.05, 0) is 94.3 Å². The van der Waals surface area contributed by atoms with E-state index in [-0.39, 0.29) is 28.1 Å². The second kappa shape index (κ2) is 10.5. The SMILES string of the molecule is C=C(C)[C@@H]1CCC2=C(CC[C@]3(C)[C@@H]([C@H](CCC=C(C)C)C(=O)O)[C@H](O)C[C@@]23C)[C@@]1(C)CCC(=O)OC. The highest BCUT2D eigenvalue weighted by molar-refractivity contribution is 5.71. The van der Waals surface area contributed by atoms with E-state index >= 15 is 0 Å². The molecular formula is C31H48O5. The first-order valence-electron chi connectivity index (χ1n) is 13.7. The van der Waals surface area contributed by atoms with Crippen LogP contribution in [0.25, 0.3) is 0 Å². The monoisotopic (exact) mass is 500 g/mol. The quantitative estimate of drug-likeness (QED) is 0.267. The Morgan fingerprint density at radius 3 is 2.39 bits per heavy atom. The van der Waals surface area contributed by atoms with Crippen molar-refractivity contribution in [3.8, 4) is 0 Å². The van der Waals surface area contributed by atoms with Crippen molar-refractivity contribution in [1.82, 2.24) is 0 Å². The van der Waals surface area contributed by atoms with Crippen molar-refractivity contribution in [2.24, 2.45) is 34.0 Å². The first-order chi connectivity index (χ1) is 16.7. The number of ether oxygens (including phenoxy) is 1. The van der Waals surface area contributed by atoms with Crippen LogP contribution in [0, 0.1) is 34.0 Å². The van der Waals surface area contributed by atoms with Gasteiger partial charge in [0.25, 0.3) is 0 Å². The molecule has 36 heavy (non-hydrogen) atoms. The Hall–Kier alpha value is -1.88. The number of fused-ring (bicyclic) bond motifs is 2. The highest BCUT2D eigenvalue weighted by atomic mass is 16.5. The first kappa shape index (κ1) is 28.7. The molecule has 0 radical (unpaired) electrons. The average Bonchev–Trinajstić information content (AvgIpc) is 3.00. The zero-order valence-corrected chi connectivity index (χ0v) is 23.6. The largest absolute Gasteiger partial charge is 0.481 e. The minimum Gasteiger partial charge on any atom is -0.481 e. The van der Waals surface area contributed by atoms with Crippen LogP contribution in [-0.2, 0) is 14.3 Å². The summed E-state index contributed by atoms with van der Waals surface area (Å²) in [6.07, 6.45) is 8.08. The second-order valence-corrected chi connectivity index (χ2v) is 12.7. The third-order valence-electron chi connectivity index (χ3n) is 10.5. The molecule has 0 aromatic rings. The van der Waals surface area contributed by atoms with Crippen molar-refractivity contribution in [3.05, 3.63) is 34.9 Å². The van der Waals surface area contributed by atoms with Crippen molar-refractivity contribution >= 4 is 11.9 Å². The number of carbonyl (C=O) groups is 2. The third kappa shape index (κ3) is 4.73. The molecule has 3 rings (SSSR count). The van der Waals surface area contributed by atoms with Crippen LogP contribution in [0.15, 0.2) is 34.9 Å². The molecule has 0 spiro atoms. The van der Waals surface area contributed by atoms with Gasteiger partial charge in [0.2, 0.25) is 0 Å². The van der Waals surface area contributed by atoms with Gasteiger partial charge in [-0.15, -0.1) is 0 Å². The van der Waals surface area contributed by atoms with Crippen LogP contribution < -0.4 is 0 Å². The van der Waals surface area contributed by atoms with E-state index in [9.17, 15) is 19.8 Å². The Kier molecular flexibility index (Phi) is 8.35. The number of aliphatic carboxylic acids is 1. The Bertz CT molecular complexity index is 956. The lowest BCUT2D eigenvalue weighted by Crippen LogP contribution is -2.49. The molecule has 1 saturated carbocycles. The Labute approximate surface area is 218 Å². The Balaban J connectivity index is 2.05. The van der Waals surface area contributed by atoms with E-state index in [4.69, 9.17) is 4.74 Å². The fourth-order valence-electron chi connectivity index (χ4n) is 8.52. The number of carboxylic acids is 1. The third-order valence-corrected chi connectivity index (χ3v) is 10.5. The lowest BCUT2D eigenvalue weighted by Gasteiger charge is -2.57. The smallest absolute Gasteiger partial charge is 0.306 e. The lowest BCUT2D eigenvalue weighted by molar-refractivity contribution is -0.148. The van der Waals surface area contributed by atoms with Crippen LogP contribution in [0.3, 0.4) is 0 Å². The number of allylic oxidation sites excluding steroid dienone is 5. The van der Waals surface area contributed by atoms with Crippen LogP contribution in [0.1, 0.15) is 99.3 Å². The van der Waals surface area contributed by atoms with Gasteiger partial charge in [0.05, 0.1) is 19.1 Å². The molecule has 1 fully saturated rings. The molecule has 0 amide bonds. The molecule has 2 N–H and O–H groups in total. The molecule has 0 heterocycles. The fourth-order valence-corrected chi connectivity index (χ4v) is 8.52. The van der Waals surface area contributed by atoms with Gasteiger partial charge in [0, 0.05) is 12.3 Å². The van der Waals surface area contributed by atoms with Crippen molar-refractivity contribution in [2.75, 3.05) is 7.11 Å². The number of methoxy groups -OCH3 is 1. The number of aliphatic hydroxyl groups excluding tert-OH is 1. The summed E-state index contributed by atoms with van der Waals surface area (Å²) in [5.41, 5.74) is 4.44. The zero-order valence-electron chi connectivity index (χ0n) is 23.6. The van der Waals surface area contributed by atoms with Gasteiger partial charge in [0.1, 0.15) is 0 Å². The molecule has 0 aromatic heterocycles. The predicted octanol–water partition coefficient (Wildman–Crippen LogP) is 6.86. The van der Waals surface area contributed by atoms with Gasteiger partial charge in [-0.1, -0.05) is 55.7 Å². The number of carbonyl (C=O) groups excluding carboxylic acids is 1. The number of rotatable bonds is 9. The summed E-state index contributed by atoms with van der Waals surface area (Å²) in [4.78, 5) is 24.6. The molecule has 5 nitrogen and oxygen atoms in total. The van der Waals surface area contributed by atoms with Crippen molar-refractivity contribution < 1.29 is 24.5 Å². The molecule has 0 unspecified atom stereocenters. The van der Waals surface area contributed by atoms with Crippen LogP contribution in [0.2, 0.25) is 0 Å². The van der Waals surface area contributed by atoms with Gasteiger partial charge in [0.15, 0.2) is 0 Å². The number of esters is 1. The molecule has 0 aliphatic heterocycles. The van der Waals surface area contributed by atoms with E-state index in [2.05, 4.69) is 40.3 Å². The zero-order chi connectivity index (χ0) is 27.1. The van der Waals surface area contributed by atoms with Gasteiger partial charge in [-0.2, -0.15) is 0 Å². The number of aliphatic hydroxyl groups is 1. The highest BCUT2D eigenvalue weighted by Gasteiger charge is 2.65. The van der Waals surface area contributed by atoms with Crippen molar-refractivity contribution in [3.63, 3.8) is 0 Å². The minimum absolute atomic E-state index is 0.184. The normalized spacial score (nSPS) is 36.5. The lowest BCUT2D eigenvalue weighted by atomic mass is 9.47. The molecule has 202 valence electrons. The van der Waals surface area contributed by atoms with Crippen molar-refractivity contribution in [2.45, 2.75) is 105 Å². The highest BCUT2D eigenvalue weighted by Crippen LogP contribution is 2.71. The first-order valence-corrected chi connectivity index (χ1v) is 13.7. The minimum atomic E-state index is -0.791. The van der Waals surface area contributed by atoms with E-state index in [1.54, 1.807) is 0 Å². The number of carboxylic acid groups (broad SMARTS) is 1. The van der Waals surface area contributed by atoms with Crippen molar-refractivity contribution in [1.29, 1.82) is 0 Å². The van der Waals surface area contributed by atoms with E-state index in [0.29, 0.717) is 25.2 Å². The molecule has 7 atom stereocenters. The van der Waals surface area contributed by atoms with E-state index in [1.807, 2.05) is 13.8 Å². The predicted molar refractivity (Wildman–Crippen MR) is 143 cm³/mol. The standard InChI is InChI=1S/C31H48O5/c1-19(2)10-9-11-21(28(34)35)27-25(32)18-31(7)24-13-12-22(20(3)4)29(5,16-15-26(33)36-8)23(24)14-17-30(27,31)6/h10,21-22,25,27,32H,3,9,11-18H2,1-2,4-8H3,(H,34,35)/t21-,22-,25+,27-,29-,30+,31-/m0/s1. The summed E-state index contributed by atoms with van der Waals surface area (Å²) in [5, 5.41) is 21.7. The summed E-state index contributed by atoms with van der Waals surface area (Å²) in [7, 11) is 1.44. The summed E-state index contributed by atoms with van der Waals surface area (Å²) >= 11 is 0. The average molecular weight is 501 g/mol. The summed E-state index contributed by atoms with van der Waals surface area (Å²) in [6.45, 7) is 17.3. The maximum atomic E-state index is 12.5. The van der Waals surface area contributed by atoms with Gasteiger partial charge in [-0.25, -0.2) is 0 Å². The molecule has 0 bridgehead atoms. The van der Waals surface area contributed by atoms with Gasteiger partial charge >= 0.3 is 11.9 Å². The van der Waals surface area contributed by atoms with Crippen LogP contribution in [0.5, 0.6) is 0 Å². The molecule has 3 aliphatic carbocycles. The molecule has 5 heteroatoms. The summed E-state index contributed by atoms with van der Waals surface area (Å²) < 4.78 is 4.98. The van der Waals surface area contributed by atoms with E-state index in [1.165, 1.54) is 23.8 Å².